The summed E-state index contributed by atoms with van der Waals surface area (Å²) in [7, 11) is 1.54. The Balaban J connectivity index is 1.74. The number of methoxy groups -OCH3 is 1. The summed E-state index contributed by atoms with van der Waals surface area (Å²) in [5.74, 6) is 0. The summed E-state index contributed by atoms with van der Waals surface area (Å²) < 4.78 is 13.1. The largest absolute Gasteiger partial charge is 0.382 e. The first-order chi connectivity index (χ1) is 14.4. The van der Waals surface area contributed by atoms with Gasteiger partial charge >= 0.3 is 0 Å². The number of aromatic nitrogens is 1. The molecule has 3 nitrogen and oxygen atoms in total. The van der Waals surface area contributed by atoms with Gasteiger partial charge in [0.15, 0.2) is 14.7 Å². The molecule has 0 spiro atoms. The van der Waals surface area contributed by atoms with E-state index in [1.54, 1.807) is 7.11 Å². The standard InChI is InChI=1S/C25H26NO2S/c1-27-18-19-28-17-16-26-20-25(23-14-8-9-15-24(23)26)29(21-10-4-2-5-11-21)22-12-6-3-7-13-22/h2-15,20H,16-19H2,1H3/q+1. The average Bonchev–Trinajstić information content (AvgIpc) is 3.14. The van der Waals surface area contributed by atoms with Crippen LogP contribution < -0.4 is 0 Å². The van der Waals surface area contributed by atoms with Gasteiger partial charge < -0.3 is 14.0 Å². The highest BCUT2D eigenvalue weighted by Crippen LogP contribution is 2.36. The van der Waals surface area contributed by atoms with Crippen molar-refractivity contribution in [2.75, 3.05) is 26.9 Å². The van der Waals surface area contributed by atoms with Crippen molar-refractivity contribution in [2.45, 2.75) is 21.2 Å². The summed E-state index contributed by atoms with van der Waals surface area (Å²) in [5.41, 5.74) is 1.25. The summed E-state index contributed by atoms with van der Waals surface area (Å²) in [5, 5.41) is 1.31. The van der Waals surface area contributed by atoms with Crippen molar-refractivity contribution < 1.29 is 9.47 Å². The lowest BCUT2D eigenvalue weighted by molar-refractivity contribution is 0.0670. The Labute approximate surface area is 175 Å². The Hall–Kier alpha value is -2.53. The van der Waals surface area contributed by atoms with Crippen LogP contribution in [0.3, 0.4) is 0 Å². The fourth-order valence-electron chi connectivity index (χ4n) is 3.47. The molecule has 0 atom stereocenters. The number of hydrogen-bond acceptors (Lipinski definition) is 2. The molecule has 1 heterocycles. The minimum atomic E-state index is -0.160. The number of nitrogens with zero attached hydrogens (tertiary/aromatic N) is 1. The van der Waals surface area contributed by atoms with Crippen LogP contribution in [0.4, 0.5) is 0 Å². The zero-order valence-corrected chi connectivity index (χ0v) is 17.5. The highest BCUT2D eigenvalue weighted by molar-refractivity contribution is 7.97. The van der Waals surface area contributed by atoms with Crippen LogP contribution in [0.25, 0.3) is 10.9 Å². The number of ether oxygens (including phenoxy) is 2. The van der Waals surface area contributed by atoms with Crippen molar-refractivity contribution in [3.63, 3.8) is 0 Å². The molecule has 0 saturated carbocycles. The first kappa shape index (κ1) is 19.8. The van der Waals surface area contributed by atoms with Crippen LogP contribution in [0, 0.1) is 0 Å². The van der Waals surface area contributed by atoms with E-state index in [1.807, 2.05) is 0 Å². The molecule has 4 aromatic rings. The third-order valence-corrected chi connectivity index (χ3v) is 7.09. The number of para-hydroxylation sites is 1. The van der Waals surface area contributed by atoms with Crippen LogP contribution >= 0.6 is 0 Å². The van der Waals surface area contributed by atoms with E-state index in [9.17, 15) is 0 Å². The molecule has 0 amide bonds. The van der Waals surface area contributed by atoms with Gasteiger partial charge in [0.2, 0.25) is 0 Å². The van der Waals surface area contributed by atoms with Gasteiger partial charge in [-0.05, 0) is 36.4 Å². The third-order valence-electron chi connectivity index (χ3n) is 4.84. The SMILES string of the molecule is COCCOCCn1cc([S+](c2ccccc2)c2ccccc2)c2ccccc21. The Morgan fingerprint density at radius 3 is 2.00 bits per heavy atom. The van der Waals surface area contributed by atoms with Gasteiger partial charge in [0.25, 0.3) is 0 Å². The second kappa shape index (κ2) is 9.79. The van der Waals surface area contributed by atoms with Crippen molar-refractivity contribution >= 4 is 21.8 Å². The van der Waals surface area contributed by atoms with Crippen molar-refractivity contribution in [2.24, 2.45) is 0 Å². The van der Waals surface area contributed by atoms with E-state index >= 15 is 0 Å². The molecule has 148 valence electrons. The van der Waals surface area contributed by atoms with E-state index in [4.69, 9.17) is 9.47 Å². The Morgan fingerprint density at radius 2 is 1.34 bits per heavy atom. The van der Waals surface area contributed by atoms with Crippen LogP contribution in [-0.2, 0) is 26.9 Å². The Kier molecular flexibility index (Phi) is 6.67. The molecule has 0 bridgehead atoms. The lowest BCUT2D eigenvalue weighted by atomic mass is 10.2. The lowest BCUT2D eigenvalue weighted by Crippen LogP contribution is -2.09. The van der Waals surface area contributed by atoms with Crippen LogP contribution in [0.5, 0.6) is 0 Å². The van der Waals surface area contributed by atoms with E-state index < -0.39 is 0 Å². The van der Waals surface area contributed by atoms with Crippen LogP contribution in [0.1, 0.15) is 0 Å². The smallest absolute Gasteiger partial charge is 0.191 e. The zero-order valence-electron chi connectivity index (χ0n) is 16.7. The third kappa shape index (κ3) is 4.56. The lowest BCUT2D eigenvalue weighted by Gasteiger charge is -2.07. The maximum atomic E-state index is 5.72. The van der Waals surface area contributed by atoms with Crippen molar-refractivity contribution in [3.05, 3.63) is 91.1 Å². The van der Waals surface area contributed by atoms with Crippen LogP contribution in [0.2, 0.25) is 0 Å². The Morgan fingerprint density at radius 1 is 0.724 bits per heavy atom. The summed E-state index contributed by atoms with van der Waals surface area (Å²) in [6, 6.07) is 30.3. The van der Waals surface area contributed by atoms with Gasteiger partial charge in [0.05, 0.1) is 36.9 Å². The van der Waals surface area contributed by atoms with Gasteiger partial charge in [0.1, 0.15) is 10.9 Å². The van der Waals surface area contributed by atoms with Gasteiger partial charge in [-0.2, -0.15) is 0 Å². The molecule has 4 rings (SSSR count). The summed E-state index contributed by atoms with van der Waals surface area (Å²) in [6.45, 7) is 2.75. The number of rotatable bonds is 9. The van der Waals surface area contributed by atoms with E-state index in [1.165, 1.54) is 25.6 Å². The number of benzene rings is 3. The molecule has 0 N–H and O–H groups in total. The maximum absolute atomic E-state index is 5.72. The molecular weight excluding hydrogens is 378 g/mol. The van der Waals surface area contributed by atoms with E-state index in [0.717, 1.165) is 6.54 Å². The van der Waals surface area contributed by atoms with Crippen molar-refractivity contribution in [3.8, 4) is 0 Å². The van der Waals surface area contributed by atoms with Gasteiger partial charge in [-0.3, -0.25) is 0 Å². The van der Waals surface area contributed by atoms with Crippen molar-refractivity contribution in [1.29, 1.82) is 0 Å². The molecular formula is C25H26NO2S+. The summed E-state index contributed by atoms with van der Waals surface area (Å²) >= 11 is 0. The molecule has 0 saturated heterocycles. The minimum absolute atomic E-state index is 0.160. The zero-order chi connectivity index (χ0) is 19.9. The molecule has 3 aromatic carbocycles. The van der Waals surface area contributed by atoms with Gasteiger partial charge in [-0.1, -0.05) is 48.5 Å². The molecule has 0 aliphatic heterocycles. The number of fused-ring (bicyclic) bond motifs is 1. The fourth-order valence-corrected chi connectivity index (χ4v) is 5.73. The van der Waals surface area contributed by atoms with Crippen molar-refractivity contribution in [1.82, 2.24) is 4.57 Å². The summed E-state index contributed by atoms with van der Waals surface area (Å²) in [6.07, 6.45) is 2.31. The quantitative estimate of drug-likeness (QED) is 0.275. The molecule has 0 fully saturated rings. The van der Waals surface area contributed by atoms with Gasteiger partial charge in [0, 0.05) is 13.7 Å². The minimum Gasteiger partial charge on any atom is -0.382 e. The molecule has 1 aromatic heterocycles. The maximum Gasteiger partial charge on any atom is 0.191 e. The monoisotopic (exact) mass is 404 g/mol. The van der Waals surface area contributed by atoms with E-state index in [2.05, 4.69) is 95.7 Å². The second-order valence-electron chi connectivity index (χ2n) is 6.74. The van der Waals surface area contributed by atoms with Crippen LogP contribution in [-0.4, -0.2) is 31.5 Å². The molecule has 4 heteroatoms. The van der Waals surface area contributed by atoms with Crippen LogP contribution in [0.15, 0.2) is 106 Å². The predicted octanol–water partition coefficient (Wildman–Crippen LogP) is 5.40. The van der Waals surface area contributed by atoms with Gasteiger partial charge in [-0.15, -0.1) is 0 Å². The second-order valence-corrected chi connectivity index (χ2v) is 8.74. The normalized spacial score (nSPS) is 11.4. The molecule has 0 unspecified atom stereocenters. The molecule has 0 aliphatic rings. The highest BCUT2D eigenvalue weighted by Gasteiger charge is 2.32. The van der Waals surface area contributed by atoms with Gasteiger partial charge in [-0.25, -0.2) is 0 Å². The average molecular weight is 405 g/mol. The molecule has 0 aliphatic carbocycles. The first-order valence-electron chi connectivity index (χ1n) is 9.87. The topological polar surface area (TPSA) is 23.4 Å². The number of hydrogen-bond donors (Lipinski definition) is 0. The summed E-state index contributed by atoms with van der Waals surface area (Å²) in [4.78, 5) is 4.02. The first-order valence-corrected chi connectivity index (χ1v) is 11.1. The Bertz CT molecular complexity index is 991. The molecule has 29 heavy (non-hydrogen) atoms. The highest BCUT2D eigenvalue weighted by atomic mass is 32.2. The predicted molar refractivity (Wildman–Crippen MR) is 120 cm³/mol. The molecule has 0 radical (unpaired) electrons. The van der Waals surface area contributed by atoms with E-state index in [0.29, 0.717) is 19.8 Å². The van der Waals surface area contributed by atoms with E-state index in [-0.39, 0.29) is 10.9 Å². The fraction of sp³-hybridized carbons (Fsp3) is 0.200.